The summed E-state index contributed by atoms with van der Waals surface area (Å²) in [7, 11) is -4.80. The van der Waals surface area contributed by atoms with Gasteiger partial charge in [0.15, 0.2) is 0 Å². The van der Waals surface area contributed by atoms with E-state index in [-0.39, 0.29) is 10.9 Å². The Bertz CT molecular complexity index is 807. The summed E-state index contributed by atoms with van der Waals surface area (Å²) in [5.74, 6) is 0. The first-order valence-corrected chi connectivity index (χ1v) is 13.7. The van der Waals surface area contributed by atoms with E-state index in [2.05, 4.69) is 30.4 Å². The van der Waals surface area contributed by atoms with Gasteiger partial charge < -0.3 is 0 Å². The lowest BCUT2D eigenvalue weighted by molar-refractivity contribution is 0.574. The van der Waals surface area contributed by atoms with Gasteiger partial charge in [0.25, 0.3) is 0 Å². The minimum absolute atomic E-state index is 0.289. The van der Waals surface area contributed by atoms with Gasteiger partial charge in [0.1, 0.15) is 0 Å². The normalized spacial score (nSPS) is 13.9. The van der Waals surface area contributed by atoms with Gasteiger partial charge in [-0.3, -0.25) is 0 Å². The molecule has 0 fully saturated rings. The maximum Gasteiger partial charge on any atom is 0.241 e. The van der Waals surface area contributed by atoms with Gasteiger partial charge in [0, 0.05) is 8.07 Å². The van der Waals surface area contributed by atoms with E-state index >= 15 is 0 Å². The summed E-state index contributed by atoms with van der Waals surface area (Å²) in [5.41, 5.74) is 1.97. The van der Waals surface area contributed by atoms with Gasteiger partial charge in [0.2, 0.25) is 10.0 Å². The highest BCUT2D eigenvalue weighted by Crippen LogP contribution is 2.20. The van der Waals surface area contributed by atoms with Gasteiger partial charge in [-0.25, -0.2) is 8.42 Å². The van der Waals surface area contributed by atoms with Crippen molar-refractivity contribution in [1.82, 2.24) is 4.72 Å². The molecule has 0 aliphatic carbocycles. The Morgan fingerprint density at radius 2 is 1.60 bits per heavy atom. The maximum absolute atomic E-state index is 12.8. The summed E-state index contributed by atoms with van der Waals surface area (Å²) in [6, 6.07) is 17.2. The molecule has 0 spiro atoms. The van der Waals surface area contributed by atoms with E-state index in [0.29, 0.717) is 0 Å². The van der Waals surface area contributed by atoms with Crippen LogP contribution < -0.4 is 4.72 Å². The van der Waals surface area contributed by atoms with E-state index in [1.165, 1.54) is 0 Å². The fraction of sp³-hybridized carbons (Fsp3) is 0.300. The van der Waals surface area contributed by atoms with Crippen LogP contribution in [0.5, 0.6) is 0 Å². The monoisotopic (exact) mass is 373 g/mol. The molecule has 0 aliphatic rings. The first-order valence-electron chi connectivity index (χ1n) is 8.48. The summed E-state index contributed by atoms with van der Waals surface area (Å²) in [6.45, 7) is 8.83. The Hall–Kier alpha value is -1.69. The molecule has 0 bridgehead atoms. The number of allylic oxidation sites excluding steroid dienone is 1. The zero-order valence-electron chi connectivity index (χ0n) is 15.4. The molecule has 5 heteroatoms. The number of nitrogens with one attached hydrogen (secondary N) is 1. The molecule has 0 radical (unpaired) electrons. The third-order valence-corrected chi connectivity index (χ3v) is 6.75. The molecule has 1 unspecified atom stereocenters. The van der Waals surface area contributed by atoms with Crippen LogP contribution in [0.2, 0.25) is 25.7 Å². The third kappa shape index (κ3) is 6.27. The number of hydrogen-bond donors (Lipinski definition) is 1. The molecule has 0 saturated carbocycles. The van der Waals surface area contributed by atoms with Crippen LogP contribution >= 0.6 is 0 Å². The van der Waals surface area contributed by atoms with Crippen molar-refractivity contribution in [1.29, 1.82) is 0 Å². The summed E-state index contributed by atoms with van der Waals surface area (Å²) < 4.78 is 28.3. The van der Waals surface area contributed by atoms with Crippen molar-refractivity contribution in [3.8, 4) is 0 Å². The molecule has 1 atom stereocenters. The van der Waals surface area contributed by atoms with Crippen LogP contribution in [0.4, 0.5) is 0 Å². The largest absolute Gasteiger partial charge is 0.241 e. The molecule has 2 aromatic rings. The molecule has 1 N–H and O–H groups in total. The Balaban J connectivity index is 2.28. The zero-order valence-corrected chi connectivity index (χ0v) is 17.2. The van der Waals surface area contributed by atoms with E-state index in [1.807, 2.05) is 55.5 Å². The Morgan fingerprint density at radius 1 is 1.00 bits per heavy atom. The van der Waals surface area contributed by atoms with Crippen molar-refractivity contribution in [3.05, 3.63) is 77.9 Å². The van der Waals surface area contributed by atoms with E-state index in [0.717, 1.165) is 17.2 Å². The van der Waals surface area contributed by atoms with E-state index < -0.39 is 18.1 Å². The lowest BCUT2D eigenvalue weighted by Crippen LogP contribution is -2.27. The molecule has 25 heavy (non-hydrogen) atoms. The predicted octanol–water partition coefficient (Wildman–Crippen LogP) is 4.91. The zero-order chi connectivity index (χ0) is 18.5. The first-order chi connectivity index (χ1) is 11.7. The second-order valence-corrected chi connectivity index (χ2v) is 14.8. The third-order valence-electron chi connectivity index (χ3n) is 3.83. The van der Waals surface area contributed by atoms with E-state index in [9.17, 15) is 8.42 Å². The number of benzene rings is 2. The Labute approximate surface area is 152 Å². The summed E-state index contributed by atoms with van der Waals surface area (Å²) >= 11 is 0. The van der Waals surface area contributed by atoms with Crippen LogP contribution in [0.3, 0.4) is 0 Å². The second-order valence-electron chi connectivity index (χ2n) is 7.52. The fourth-order valence-electron chi connectivity index (χ4n) is 2.39. The molecule has 0 saturated heterocycles. The van der Waals surface area contributed by atoms with Crippen molar-refractivity contribution in [2.75, 3.05) is 0 Å². The number of rotatable bonds is 7. The number of hydrogen-bond acceptors (Lipinski definition) is 2. The highest BCUT2D eigenvalue weighted by molar-refractivity contribution is 7.89. The van der Waals surface area contributed by atoms with Gasteiger partial charge in [-0.15, -0.1) is 0 Å². The fourth-order valence-corrected chi connectivity index (χ4v) is 4.41. The Kier molecular flexibility index (Phi) is 6.38. The van der Waals surface area contributed by atoms with Crippen molar-refractivity contribution < 1.29 is 8.42 Å². The topological polar surface area (TPSA) is 46.2 Å². The molecule has 0 heterocycles. The van der Waals surface area contributed by atoms with Crippen LogP contribution in [0.1, 0.15) is 17.2 Å². The smallest absolute Gasteiger partial charge is 0.207 e. The maximum atomic E-state index is 12.8. The molecule has 0 amide bonds. The van der Waals surface area contributed by atoms with Crippen LogP contribution in [0.25, 0.3) is 0 Å². The predicted molar refractivity (Wildman–Crippen MR) is 108 cm³/mol. The van der Waals surface area contributed by atoms with Crippen LogP contribution in [0, 0.1) is 6.92 Å². The molecular formula is C20H27NO2SSi. The quantitative estimate of drug-likeness (QED) is 0.554. The molecule has 0 aliphatic heterocycles. The summed E-state index contributed by atoms with van der Waals surface area (Å²) in [4.78, 5) is 0.289. The van der Waals surface area contributed by atoms with Gasteiger partial charge in [0.05, 0.1) is 10.9 Å². The second kappa shape index (κ2) is 8.12. The minimum atomic E-state index is -3.58. The van der Waals surface area contributed by atoms with Gasteiger partial charge in [-0.2, -0.15) is 4.72 Å². The molecule has 2 rings (SSSR count). The van der Waals surface area contributed by atoms with Gasteiger partial charge in [-0.1, -0.05) is 79.8 Å². The number of sulfonamides is 1. The van der Waals surface area contributed by atoms with Gasteiger partial charge >= 0.3 is 0 Å². The minimum Gasteiger partial charge on any atom is -0.207 e. The van der Waals surface area contributed by atoms with Crippen molar-refractivity contribution in [2.24, 2.45) is 0 Å². The van der Waals surface area contributed by atoms with E-state index in [1.54, 1.807) is 12.1 Å². The lowest BCUT2D eigenvalue weighted by atomic mass is 10.1. The standard InChI is InChI=1S/C20H27NO2SSi/c1-17-12-14-19(15-13-17)24(22,23)21-20(11-8-16-25(2,3)4)18-9-6-5-7-10-18/h5-15,20-21H,16H2,1-4H3/b11-8+. The summed E-state index contributed by atoms with van der Waals surface area (Å²) in [6.07, 6.45) is 4.08. The average molecular weight is 374 g/mol. The average Bonchev–Trinajstić information content (AvgIpc) is 2.54. The van der Waals surface area contributed by atoms with Crippen molar-refractivity contribution in [3.63, 3.8) is 0 Å². The SMILES string of the molecule is Cc1ccc(S(=O)(=O)NC(/C=C/C[Si](C)(C)C)c2ccccc2)cc1. The first kappa shape index (κ1) is 19.6. The molecular weight excluding hydrogens is 346 g/mol. The molecule has 3 nitrogen and oxygen atoms in total. The summed E-state index contributed by atoms with van der Waals surface area (Å²) in [5, 5.41) is 0. The molecule has 0 aromatic heterocycles. The number of aryl methyl sites for hydroxylation is 1. The van der Waals surface area contributed by atoms with Crippen LogP contribution in [-0.2, 0) is 10.0 Å². The molecule has 2 aromatic carbocycles. The lowest BCUT2D eigenvalue weighted by Gasteiger charge is -2.17. The van der Waals surface area contributed by atoms with Gasteiger partial charge in [-0.05, 0) is 30.7 Å². The highest BCUT2D eigenvalue weighted by atomic mass is 32.2. The highest BCUT2D eigenvalue weighted by Gasteiger charge is 2.20. The van der Waals surface area contributed by atoms with Crippen molar-refractivity contribution in [2.45, 2.75) is 43.5 Å². The Morgan fingerprint density at radius 3 is 2.16 bits per heavy atom. The van der Waals surface area contributed by atoms with E-state index in [4.69, 9.17) is 0 Å². The molecule has 134 valence electrons. The van der Waals surface area contributed by atoms with Crippen LogP contribution in [0.15, 0.2) is 71.6 Å². The van der Waals surface area contributed by atoms with Crippen molar-refractivity contribution >= 4 is 18.1 Å². The van der Waals surface area contributed by atoms with Crippen LogP contribution in [-0.4, -0.2) is 16.5 Å².